The zero-order chi connectivity index (χ0) is 13.9. The van der Waals surface area contributed by atoms with Gasteiger partial charge in [0, 0.05) is 25.5 Å². The average Bonchev–Trinajstić information content (AvgIpc) is 3.09. The number of hydrogen-bond donors (Lipinski definition) is 2. The lowest BCUT2D eigenvalue weighted by Gasteiger charge is -2.13. The van der Waals surface area contributed by atoms with Crippen molar-refractivity contribution >= 4 is 11.9 Å². The summed E-state index contributed by atoms with van der Waals surface area (Å²) in [7, 11) is 1.74. The standard InChI is InChI=1S/C12H17N7O/c1-20-9-4-3-8(7-9)15-11-16-10(13)17-12(18-11)19-6-2-5-14-19/h2,5-6,8-9H,3-4,7H2,1H3,(H3,13,15,16,17,18). The van der Waals surface area contributed by atoms with Crippen molar-refractivity contribution in [1.29, 1.82) is 0 Å². The Morgan fingerprint density at radius 3 is 2.95 bits per heavy atom. The number of nitrogens with one attached hydrogen (secondary N) is 1. The molecule has 2 aromatic rings. The monoisotopic (exact) mass is 275 g/mol. The van der Waals surface area contributed by atoms with Crippen molar-refractivity contribution < 1.29 is 4.74 Å². The van der Waals surface area contributed by atoms with Gasteiger partial charge in [-0.25, -0.2) is 4.68 Å². The van der Waals surface area contributed by atoms with E-state index in [9.17, 15) is 0 Å². The van der Waals surface area contributed by atoms with E-state index in [1.807, 2.05) is 0 Å². The smallest absolute Gasteiger partial charge is 0.257 e. The number of rotatable bonds is 4. The third-order valence-corrected chi connectivity index (χ3v) is 3.40. The first kappa shape index (κ1) is 12.8. The molecular weight excluding hydrogens is 258 g/mol. The van der Waals surface area contributed by atoms with E-state index < -0.39 is 0 Å². The molecule has 0 saturated heterocycles. The maximum absolute atomic E-state index is 5.73. The van der Waals surface area contributed by atoms with E-state index in [-0.39, 0.29) is 5.95 Å². The van der Waals surface area contributed by atoms with Crippen LogP contribution < -0.4 is 11.1 Å². The summed E-state index contributed by atoms with van der Waals surface area (Å²) >= 11 is 0. The van der Waals surface area contributed by atoms with Gasteiger partial charge in [-0.3, -0.25) is 0 Å². The number of ether oxygens (including phenoxy) is 1. The van der Waals surface area contributed by atoms with E-state index in [1.165, 1.54) is 0 Å². The first-order chi connectivity index (χ1) is 9.74. The van der Waals surface area contributed by atoms with Crippen LogP contribution in [-0.2, 0) is 4.74 Å². The average molecular weight is 275 g/mol. The summed E-state index contributed by atoms with van der Waals surface area (Å²) in [4.78, 5) is 12.5. The Morgan fingerprint density at radius 1 is 1.35 bits per heavy atom. The van der Waals surface area contributed by atoms with Crippen LogP contribution in [0.2, 0.25) is 0 Å². The Balaban J connectivity index is 1.77. The molecule has 1 aliphatic carbocycles. The van der Waals surface area contributed by atoms with Crippen LogP contribution in [-0.4, -0.2) is 44.0 Å². The van der Waals surface area contributed by atoms with Gasteiger partial charge in [0.2, 0.25) is 11.9 Å². The minimum Gasteiger partial charge on any atom is -0.381 e. The molecule has 3 rings (SSSR count). The Hall–Kier alpha value is -2.22. The van der Waals surface area contributed by atoms with Crippen LogP contribution in [0.4, 0.5) is 11.9 Å². The highest BCUT2D eigenvalue weighted by atomic mass is 16.5. The Labute approximate surface area is 116 Å². The van der Waals surface area contributed by atoms with Gasteiger partial charge in [0.05, 0.1) is 6.10 Å². The van der Waals surface area contributed by atoms with E-state index in [4.69, 9.17) is 10.5 Å². The molecule has 0 spiro atoms. The zero-order valence-electron chi connectivity index (χ0n) is 11.2. The van der Waals surface area contributed by atoms with E-state index in [0.717, 1.165) is 19.3 Å². The number of aromatic nitrogens is 5. The molecule has 8 heteroatoms. The van der Waals surface area contributed by atoms with Crippen LogP contribution in [0, 0.1) is 0 Å². The second-order valence-electron chi connectivity index (χ2n) is 4.78. The summed E-state index contributed by atoms with van der Waals surface area (Å²) in [5, 5.41) is 7.37. The molecule has 1 fully saturated rings. The molecule has 1 aliphatic rings. The van der Waals surface area contributed by atoms with Crippen LogP contribution in [0.1, 0.15) is 19.3 Å². The Kier molecular flexibility index (Phi) is 3.46. The molecule has 0 aliphatic heterocycles. The molecule has 106 valence electrons. The normalized spacial score (nSPS) is 22.1. The van der Waals surface area contributed by atoms with Crippen LogP contribution in [0.3, 0.4) is 0 Å². The highest BCUT2D eigenvalue weighted by Gasteiger charge is 2.25. The van der Waals surface area contributed by atoms with Gasteiger partial charge in [-0.2, -0.15) is 20.1 Å². The van der Waals surface area contributed by atoms with Crippen LogP contribution in [0.15, 0.2) is 18.5 Å². The summed E-state index contributed by atoms with van der Waals surface area (Å²) < 4.78 is 6.90. The van der Waals surface area contributed by atoms with Gasteiger partial charge in [0.15, 0.2) is 0 Å². The largest absolute Gasteiger partial charge is 0.381 e. The Morgan fingerprint density at radius 2 is 2.25 bits per heavy atom. The molecule has 0 bridgehead atoms. The Bertz CT molecular complexity index is 571. The van der Waals surface area contributed by atoms with Crippen molar-refractivity contribution in [2.75, 3.05) is 18.2 Å². The summed E-state index contributed by atoms with van der Waals surface area (Å²) in [6, 6.07) is 2.10. The summed E-state index contributed by atoms with van der Waals surface area (Å²) in [6.07, 6.45) is 6.74. The van der Waals surface area contributed by atoms with Gasteiger partial charge in [-0.1, -0.05) is 0 Å². The maximum atomic E-state index is 5.73. The summed E-state index contributed by atoms with van der Waals surface area (Å²) in [5.41, 5.74) is 5.73. The van der Waals surface area contributed by atoms with Crippen molar-refractivity contribution in [3.63, 3.8) is 0 Å². The molecular formula is C12H17N7O. The van der Waals surface area contributed by atoms with Gasteiger partial charge in [0.1, 0.15) is 0 Å². The maximum Gasteiger partial charge on any atom is 0.257 e. The molecule has 2 atom stereocenters. The lowest BCUT2D eigenvalue weighted by Crippen LogP contribution is -2.20. The van der Waals surface area contributed by atoms with Crippen LogP contribution in [0.5, 0.6) is 0 Å². The van der Waals surface area contributed by atoms with Gasteiger partial charge < -0.3 is 15.8 Å². The van der Waals surface area contributed by atoms with E-state index >= 15 is 0 Å². The van der Waals surface area contributed by atoms with Crippen molar-refractivity contribution in [3.8, 4) is 5.95 Å². The molecule has 20 heavy (non-hydrogen) atoms. The number of anilines is 2. The molecule has 0 amide bonds. The van der Waals surface area contributed by atoms with E-state index in [2.05, 4.69) is 25.4 Å². The zero-order valence-corrected chi connectivity index (χ0v) is 11.2. The minimum atomic E-state index is 0.175. The lowest BCUT2D eigenvalue weighted by atomic mass is 10.2. The molecule has 3 N–H and O–H groups in total. The summed E-state index contributed by atoms with van der Waals surface area (Å²) in [5.74, 6) is 1.06. The molecule has 2 unspecified atom stereocenters. The first-order valence-corrected chi connectivity index (χ1v) is 6.55. The van der Waals surface area contributed by atoms with Gasteiger partial charge in [0.25, 0.3) is 5.95 Å². The number of nitrogens with two attached hydrogens (primary N) is 1. The molecule has 1 saturated carbocycles. The minimum absolute atomic E-state index is 0.175. The third kappa shape index (κ3) is 2.69. The highest BCUT2D eigenvalue weighted by Crippen LogP contribution is 2.24. The van der Waals surface area contributed by atoms with Gasteiger partial charge in [-0.05, 0) is 25.3 Å². The molecule has 8 nitrogen and oxygen atoms in total. The second kappa shape index (κ2) is 5.41. The van der Waals surface area contributed by atoms with Crippen LogP contribution in [0.25, 0.3) is 5.95 Å². The SMILES string of the molecule is COC1CCC(Nc2nc(N)nc(-n3cccn3)n2)C1. The fourth-order valence-electron chi connectivity index (χ4n) is 2.40. The van der Waals surface area contributed by atoms with E-state index in [0.29, 0.717) is 24.0 Å². The fraction of sp³-hybridized carbons (Fsp3) is 0.500. The fourth-order valence-corrected chi connectivity index (χ4v) is 2.40. The van der Waals surface area contributed by atoms with Crippen molar-refractivity contribution in [3.05, 3.63) is 18.5 Å². The van der Waals surface area contributed by atoms with Crippen molar-refractivity contribution in [2.45, 2.75) is 31.4 Å². The number of nitrogens with zero attached hydrogens (tertiary/aromatic N) is 5. The molecule has 2 heterocycles. The second-order valence-corrected chi connectivity index (χ2v) is 4.78. The van der Waals surface area contributed by atoms with Crippen molar-refractivity contribution in [2.24, 2.45) is 0 Å². The molecule has 2 aromatic heterocycles. The lowest BCUT2D eigenvalue weighted by molar-refractivity contribution is 0.108. The number of nitrogen functional groups attached to an aromatic ring is 1. The highest BCUT2D eigenvalue weighted by molar-refractivity contribution is 5.35. The predicted molar refractivity (Wildman–Crippen MR) is 73.4 cm³/mol. The first-order valence-electron chi connectivity index (χ1n) is 6.55. The molecule has 0 radical (unpaired) electrons. The van der Waals surface area contributed by atoms with Crippen LogP contribution >= 0.6 is 0 Å². The topological polar surface area (TPSA) is 104 Å². The molecule has 0 aromatic carbocycles. The predicted octanol–water partition coefficient (Wildman–Crippen LogP) is 0.619. The quantitative estimate of drug-likeness (QED) is 0.842. The third-order valence-electron chi connectivity index (χ3n) is 3.40. The van der Waals surface area contributed by atoms with Gasteiger partial charge >= 0.3 is 0 Å². The number of hydrogen-bond acceptors (Lipinski definition) is 7. The van der Waals surface area contributed by atoms with E-state index in [1.54, 1.807) is 30.3 Å². The number of methoxy groups -OCH3 is 1. The summed E-state index contributed by atoms with van der Waals surface area (Å²) in [6.45, 7) is 0. The van der Waals surface area contributed by atoms with Gasteiger partial charge in [-0.15, -0.1) is 0 Å². The van der Waals surface area contributed by atoms with Crippen molar-refractivity contribution in [1.82, 2.24) is 24.7 Å².